The number of aromatic nitrogens is 5. The summed E-state index contributed by atoms with van der Waals surface area (Å²) in [6.07, 6.45) is 3.06. The Kier molecular flexibility index (Phi) is 6.73. The fourth-order valence-corrected chi connectivity index (χ4v) is 4.59. The monoisotopic (exact) mass is 520 g/mol. The zero-order chi connectivity index (χ0) is 25.9. The molecule has 5 rings (SSSR count). The first kappa shape index (κ1) is 24.3. The summed E-state index contributed by atoms with van der Waals surface area (Å²) in [5.74, 6) is -0.111. The molecule has 188 valence electrons. The van der Waals surface area contributed by atoms with Crippen molar-refractivity contribution in [2.75, 3.05) is 19.0 Å². The third-order valence-corrected chi connectivity index (χ3v) is 6.31. The second-order valence-corrected chi connectivity index (χ2v) is 9.18. The van der Waals surface area contributed by atoms with E-state index in [-0.39, 0.29) is 12.4 Å². The number of carbonyl (C=O) groups is 1. The number of carbonyl (C=O) groups excluding carboxylic acids is 1. The number of hydrogen-bond donors (Lipinski definition) is 1. The number of fused-ring (bicyclic) bond motifs is 2. The third kappa shape index (κ3) is 5.38. The van der Waals surface area contributed by atoms with Gasteiger partial charge in [-0.3, -0.25) is 5.32 Å². The molecule has 37 heavy (non-hydrogen) atoms. The highest BCUT2D eigenvalue weighted by atomic mass is 32.1. The van der Waals surface area contributed by atoms with Crippen molar-refractivity contribution < 1.29 is 23.4 Å². The van der Waals surface area contributed by atoms with E-state index in [1.165, 1.54) is 36.9 Å². The van der Waals surface area contributed by atoms with E-state index in [0.717, 1.165) is 15.8 Å². The van der Waals surface area contributed by atoms with Gasteiger partial charge in [0.05, 0.1) is 52.6 Å². The molecule has 1 amide bonds. The van der Waals surface area contributed by atoms with Crippen LogP contribution in [0.1, 0.15) is 12.5 Å². The van der Waals surface area contributed by atoms with Gasteiger partial charge in [0.2, 0.25) is 5.88 Å². The average molecular weight is 521 g/mol. The van der Waals surface area contributed by atoms with Crippen LogP contribution in [-0.2, 0) is 4.74 Å². The van der Waals surface area contributed by atoms with Crippen molar-refractivity contribution in [2.45, 2.75) is 20.0 Å². The Balaban J connectivity index is 1.33. The summed E-state index contributed by atoms with van der Waals surface area (Å²) in [5, 5.41) is 10.5. The van der Waals surface area contributed by atoms with Gasteiger partial charge < -0.3 is 14.2 Å². The SMILES string of the molecule is COc1cnc2c(-c3nc4cc(F)c(OC[C@@H](C)OC(=O)Nc5ccnnc5)cc4s3)cc(C)cc2n1. The van der Waals surface area contributed by atoms with Crippen LogP contribution in [-0.4, -0.2) is 51.1 Å². The fraction of sp³-hybridized carbons (Fsp3) is 0.200. The van der Waals surface area contributed by atoms with Gasteiger partial charge in [0, 0.05) is 17.7 Å². The smallest absolute Gasteiger partial charge is 0.412 e. The molecule has 3 aromatic heterocycles. The van der Waals surface area contributed by atoms with Crippen LogP contribution in [0.5, 0.6) is 11.6 Å². The number of thiazole rings is 1. The van der Waals surface area contributed by atoms with Crippen LogP contribution < -0.4 is 14.8 Å². The Hall–Kier alpha value is -4.45. The Morgan fingerprint density at radius 2 is 2.00 bits per heavy atom. The molecule has 1 atom stereocenters. The minimum Gasteiger partial charge on any atom is -0.487 e. The molecule has 2 aromatic carbocycles. The summed E-state index contributed by atoms with van der Waals surface area (Å²) in [5.41, 5.74) is 4.08. The number of hydrogen-bond acceptors (Lipinski definition) is 10. The third-order valence-electron chi connectivity index (χ3n) is 5.26. The van der Waals surface area contributed by atoms with Gasteiger partial charge in [0.15, 0.2) is 11.6 Å². The van der Waals surface area contributed by atoms with Crippen LogP contribution in [0.2, 0.25) is 0 Å². The van der Waals surface area contributed by atoms with Gasteiger partial charge >= 0.3 is 6.09 Å². The van der Waals surface area contributed by atoms with Crippen molar-refractivity contribution >= 4 is 44.4 Å². The van der Waals surface area contributed by atoms with E-state index in [4.69, 9.17) is 14.2 Å². The topological polar surface area (TPSA) is 121 Å². The number of benzene rings is 2. The molecule has 0 fully saturated rings. The van der Waals surface area contributed by atoms with Gasteiger partial charge in [-0.2, -0.15) is 10.2 Å². The Labute approximate surface area is 214 Å². The van der Waals surface area contributed by atoms with Crippen LogP contribution in [0.25, 0.3) is 31.8 Å². The number of methoxy groups -OCH3 is 1. The fourth-order valence-electron chi connectivity index (χ4n) is 3.60. The zero-order valence-corrected chi connectivity index (χ0v) is 20.9. The maximum absolute atomic E-state index is 14.8. The maximum atomic E-state index is 14.8. The predicted molar refractivity (Wildman–Crippen MR) is 136 cm³/mol. The minimum atomic E-state index is -0.682. The number of anilines is 1. The van der Waals surface area contributed by atoms with Crippen LogP contribution in [0.4, 0.5) is 14.9 Å². The van der Waals surface area contributed by atoms with Crippen molar-refractivity contribution in [3.63, 3.8) is 0 Å². The number of aryl methyl sites for hydroxylation is 1. The predicted octanol–water partition coefficient (Wildman–Crippen LogP) is 5.17. The molecule has 12 heteroatoms. The van der Waals surface area contributed by atoms with Crippen LogP contribution in [0.3, 0.4) is 0 Å². The standard InChI is InChI=1S/C25H21FN6O4S/c1-13-6-16(23-19(7-13)31-22(34-3)11-27-23)24-32-18-8-17(26)20(9-21(18)37-24)35-12-14(2)36-25(33)30-15-4-5-28-29-10-15/h4-11,14H,12H2,1-3H3,(H,28,30,33)/t14-/m1/s1. The van der Waals surface area contributed by atoms with Crippen molar-refractivity contribution in [2.24, 2.45) is 0 Å². The lowest BCUT2D eigenvalue weighted by atomic mass is 10.1. The van der Waals surface area contributed by atoms with E-state index in [1.54, 1.807) is 25.3 Å². The normalized spacial score (nSPS) is 11.9. The van der Waals surface area contributed by atoms with Gasteiger partial charge in [-0.1, -0.05) is 0 Å². The number of nitrogens with one attached hydrogen (secondary N) is 1. The first-order valence-electron chi connectivity index (χ1n) is 11.2. The molecule has 0 aliphatic heterocycles. The Morgan fingerprint density at radius 3 is 2.78 bits per heavy atom. The second-order valence-electron chi connectivity index (χ2n) is 8.15. The number of rotatable bonds is 7. The van der Waals surface area contributed by atoms with Gasteiger partial charge in [0.25, 0.3) is 0 Å². The molecule has 0 aliphatic carbocycles. The van der Waals surface area contributed by atoms with E-state index >= 15 is 0 Å². The molecule has 1 N–H and O–H groups in total. The van der Waals surface area contributed by atoms with E-state index in [0.29, 0.717) is 33.1 Å². The quantitative estimate of drug-likeness (QED) is 0.310. The summed E-state index contributed by atoms with van der Waals surface area (Å²) < 4.78 is 31.6. The largest absolute Gasteiger partial charge is 0.487 e. The average Bonchev–Trinajstić information content (AvgIpc) is 3.29. The van der Waals surface area contributed by atoms with Crippen LogP contribution in [0.15, 0.2) is 48.9 Å². The molecule has 10 nitrogen and oxygen atoms in total. The molecule has 0 saturated carbocycles. The van der Waals surface area contributed by atoms with Crippen molar-refractivity contribution in [1.82, 2.24) is 25.1 Å². The van der Waals surface area contributed by atoms with Gasteiger partial charge in [-0.05, 0) is 37.6 Å². The second kappa shape index (κ2) is 10.3. The van der Waals surface area contributed by atoms with Gasteiger partial charge in [-0.25, -0.2) is 24.1 Å². The van der Waals surface area contributed by atoms with E-state index < -0.39 is 18.0 Å². The Bertz CT molecular complexity index is 1600. The lowest BCUT2D eigenvalue weighted by Crippen LogP contribution is -2.25. The number of ether oxygens (including phenoxy) is 3. The van der Waals surface area contributed by atoms with E-state index in [1.807, 2.05) is 19.1 Å². The molecule has 5 aromatic rings. The minimum absolute atomic E-state index is 0.0375. The molecule has 0 radical (unpaired) electrons. The summed E-state index contributed by atoms with van der Waals surface area (Å²) >= 11 is 1.39. The number of halogens is 1. The van der Waals surface area contributed by atoms with Gasteiger partial charge in [0.1, 0.15) is 17.7 Å². The molecule has 0 saturated heterocycles. The maximum Gasteiger partial charge on any atom is 0.412 e. The number of nitrogens with zero attached hydrogens (tertiary/aromatic N) is 5. The molecule has 0 bridgehead atoms. The lowest BCUT2D eigenvalue weighted by Gasteiger charge is -2.15. The van der Waals surface area contributed by atoms with Crippen molar-refractivity contribution in [3.05, 3.63) is 60.3 Å². The molecular formula is C25H21FN6O4S. The van der Waals surface area contributed by atoms with Crippen molar-refractivity contribution in [3.8, 4) is 22.2 Å². The van der Waals surface area contributed by atoms with Gasteiger partial charge in [-0.15, -0.1) is 11.3 Å². The Morgan fingerprint density at radius 1 is 1.14 bits per heavy atom. The molecule has 0 aliphatic rings. The summed E-state index contributed by atoms with van der Waals surface area (Å²) in [4.78, 5) is 25.6. The zero-order valence-electron chi connectivity index (χ0n) is 20.1. The highest BCUT2D eigenvalue weighted by Gasteiger charge is 2.17. The molecular weight excluding hydrogens is 499 g/mol. The van der Waals surface area contributed by atoms with E-state index in [9.17, 15) is 9.18 Å². The summed E-state index contributed by atoms with van der Waals surface area (Å²) in [6, 6.07) is 8.39. The molecule has 0 unspecified atom stereocenters. The van der Waals surface area contributed by atoms with E-state index in [2.05, 4.69) is 30.5 Å². The molecule has 3 heterocycles. The highest BCUT2D eigenvalue weighted by Crippen LogP contribution is 2.37. The molecule has 0 spiro atoms. The van der Waals surface area contributed by atoms with Crippen LogP contribution >= 0.6 is 11.3 Å². The van der Waals surface area contributed by atoms with Crippen molar-refractivity contribution in [1.29, 1.82) is 0 Å². The number of amides is 1. The summed E-state index contributed by atoms with van der Waals surface area (Å²) in [7, 11) is 1.54. The first-order valence-corrected chi connectivity index (χ1v) is 12.0. The highest BCUT2D eigenvalue weighted by molar-refractivity contribution is 7.21. The summed E-state index contributed by atoms with van der Waals surface area (Å²) in [6.45, 7) is 3.56. The first-order chi connectivity index (χ1) is 17.9. The lowest BCUT2D eigenvalue weighted by molar-refractivity contribution is 0.0844. The van der Waals surface area contributed by atoms with Crippen LogP contribution in [0, 0.1) is 12.7 Å².